The minimum atomic E-state index is -0.329. The van der Waals surface area contributed by atoms with E-state index in [1.54, 1.807) is 10.6 Å². The topological polar surface area (TPSA) is 173 Å². The Balaban J connectivity index is 0.000000295. The van der Waals surface area contributed by atoms with Gasteiger partial charge in [-0.15, -0.1) is 0 Å². The smallest absolute Gasteiger partial charge is 0.354 e. The van der Waals surface area contributed by atoms with Gasteiger partial charge in [0.15, 0.2) is 5.96 Å². The fraction of sp³-hybridized carbons (Fsp3) is 0.486. The average molecular weight is 697 g/mol. The SMILES string of the molecule is CC(C)(C)c1cc(CCC[C@@H](N)CO)cc(Cl)c1F.C[C@H](NCCCN=C(N)N)c1ccc(-n2cc3cc(C(C)(C)C)[nH]c3nc2=O)cc1. The molecule has 0 aliphatic rings. The third-order valence-electron chi connectivity index (χ3n) is 8.24. The number of H-pyrrole nitrogens is 1. The van der Waals surface area contributed by atoms with Gasteiger partial charge in [0.1, 0.15) is 11.5 Å². The van der Waals surface area contributed by atoms with Crippen molar-refractivity contribution in [1.82, 2.24) is 19.9 Å². The highest BCUT2D eigenvalue weighted by Crippen LogP contribution is 2.31. The molecule has 0 fully saturated rings. The largest absolute Gasteiger partial charge is 0.395 e. The molecular weight excluding hydrogens is 643 g/mol. The Morgan fingerprint density at radius 1 is 1.08 bits per heavy atom. The molecule has 0 saturated carbocycles. The zero-order valence-electron chi connectivity index (χ0n) is 29.9. The highest BCUT2D eigenvalue weighted by Gasteiger charge is 2.21. The Hall–Kier alpha value is -3.77. The van der Waals surface area contributed by atoms with Crippen LogP contribution < -0.4 is 28.2 Å². The summed E-state index contributed by atoms with van der Waals surface area (Å²) in [6, 6.07) is 13.5. The highest BCUT2D eigenvalue weighted by molar-refractivity contribution is 6.30. The van der Waals surface area contributed by atoms with Crippen LogP contribution in [0.1, 0.15) is 96.2 Å². The molecule has 268 valence electrons. The van der Waals surface area contributed by atoms with Crippen molar-refractivity contribution in [3.8, 4) is 5.69 Å². The summed E-state index contributed by atoms with van der Waals surface area (Å²) in [4.78, 5) is 24.0. The number of aliphatic hydroxyl groups excluding tert-OH is 1. The van der Waals surface area contributed by atoms with Crippen LogP contribution in [0.5, 0.6) is 0 Å². The van der Waals surface area contributed by atoms with E-state index in [0.29, 0.717) is 17.8 Å². The van der Waals surface area contributed by atoms with Crippen molar-refractivity contribution >= 4 is 28.6 Å². The number of aliphatic imine (C=N–C) groups is 1. The number of aryl methyl sites for hydroxylation is 1. The number of aromatic nitrogens is 3. The van der Waals surface area contributed by atoms with Gasteiger partial charge in [-0.3, -0.25) is 9.56 Å². The van der Waals surface area contributed by atoms with Crippen LogP contribution >= 0.6 is 11.6 Å². The van der Waals surface area contributed by atoms with Crippen LogP contribution in [-0.2, 0) is 17.3 Å². The Morgan fingerprint density at radius 2 is 1.76 bits per heavy atom. The van der Waals surface area contributed by atoms with E-state index in [2.05, 4.69) is 54.0 Å². The summed E-state index contributed by atoms with van der Waals surface area (Å²) in [7, 11) is 0. The predicted molar refractivity (Wildman–Crippen MR) is 200 cm³/mol. The minimum Gasteiger partial charge on any atom is -0.395 e. The van der Waals surface area contributed by atoms with E-state index >= 15 is 0 Å². The summed E-state index contributed by atoms with van der Waals surface area (Å²) in [6.45, 7) is 15.8. The number of aliphatic hydroxyl groups is 1. The molecule has 0 bridgehead atoms. The van der Waals surface area contributed by atoms with Crippen molar-refractivity contribution in [3.63, 3.8) is 0 Å². The number of benzene rings is 2. The number of hydrogen-bond donors (Lipinski definition) is 6. The van der Waals surface area contributed by atoms with Crippen LogP contribution in [0.3, 0.4) is 0 Å². The van der Waals surface area contributed by atoms with Gasteiger partial charge in [-0.2, -0.15) is 4.98 Å². The van der Waals surface area contributed by atoms with Crippen LogP contribution in [0.4, 0.5) is 4.39 Å². The molecule has 0 aliphatic heterocycles. The predicted octanol–water partition coefficient (Wildman–Crippen LogP) is 5.74. The van der Waals surface area contributed by atoms with Gasteiger partial charge in [-0.1, -0.05) is 71.3 Å². The Morgan fingerprint density at radius 3 is 2.35 bits per heavy atom. The molecule has 0 spiro atoms. The quantitative estimate of drug-likeness (QED) is 0.0622. The van der Waals surface area contributed by atoms with Gasteiger partial charge in [0.05, 0.1) is 17.3 Å². The molecule has 0 unspecified atom stereocenters. The maximum absolute atomic E-state index is 14.0. The normalized spacial score (nSPS) is 13.1. The molecule has 0 saturated heterocycles. The van der Waals surface area contributed by atoms with Crippen LogP contribution in [0.15, 0.2) is 58.4 Å². The fourth-order valence-electron chi connectivity index (χ4n) is 5.23. The van der Waals surface area contributed by atoms with Crippen molar-refractivity contribution in [2.24, 2.45) is 22.2 Å². The van der Waals surface area contributed by atoms with Crippen molar-refractivity contribution in [2.75, 3.05) is 19.7 Å². The lowest BCUT2D eigenvalue weighted by Gasteiger charge is -2.21. The van der Waals surface area contributed by atoms with E-state index in [1.807, 2.05) is 57.3 Å². The van der Waals surface area contributed by atoms with Crippen LogP contribution in [0.2, 0.25) is 5.02 Å². The molecule has 2 aromatic heterocycles. The van der Waals surface area contributed by atoms with E-state index in [0.717, 1.165) is 60.1 Å². The molecule has 2 aromatic carbocycles. The third-order valence-corrected chi connectivity index (χ3v) is 8.51. The zero-order valence-corrected chi connectivity index (χ0v) is 30.7. The maximum Gasteiger partial charge on any atom is 0.354 e. The summed E-state index contributed by atoms with van der Waals surface area (Å²) in [5.74, 6) is -0.208. The number of rotatable bonds is 12. The van der Waals surface area contributed by atoms with E-state index < -0.39 is 0 Å². The second kappa shape index (κ2) is 17.2. The lowest BCUT2D eigenvalue weighted by atomic mass is 9.85. The lowest BCUT2D eigenvalue weighted by Crippen LogP contribution is -2.24. The average Bonchev–Trinajstić information content (AvgIpc) is 3.45. The van der Waals surface area contributed by atoms with Crippen molar-refractivity contribution < 1.29 is 9.50 Å². The summed E-state index contributed by atoms with van der Waals surface area (Å²) in [5, 5.41) is 13.4. The molecule has 0 aliphatic carbocycles. The molecule has 4 aromatic rings. The number of nitrogens with two attached hydrogens (primary N) is 3. The number of halogens is 2. The second-order valence-corrected chi connectivity index (χ2v) is 15.0. The van der Waals surface area contributed by atoms with E-state index in [9.17, 15) is 9.18 Å². The molecule has 49 heavy (non-hydrogen) atoms. The van der Waals surface area contributed by atoms with Gasteiger partial charge in [-0.05, 0) is 85.5 Å². The Bertz CT molecular complexity index is 1750. The minimum absolute atomic E-state index is 0.00256. The van der Waals surface area contributed by atoms with Gasteiger partial charge in [0, 0.05) is 41.3 Å². The van der Waals surface area contributed by atoms with Crippen LogP contribution in [0.25, 0.3) is 16.7 Å². The van der Waals surface area contributed by atoms with Crippen LogP contribution in [-0.4, -0.2) is 51.3 Å². The van der Waals surface area contributed by atoms with Gasteiger partial charge in [0.25, 0.3) is 0 Å². The molecule has 4 rings (SSSR count). The molecule has 10 nitrogen and oxygen atoms in total. The van der Waals surface area contributed by atoms with Crippen LogP contribution in [0, 0.1) is 5.82 Å². The number of aromatic amines is 1. The summed E-state index contributed by atoms with van der Waals surface area (Å²) in [5.41, 5.74) is 20.9. The number of nitrogens with zero attached hydrogens (tertiary/aromatic N) is 3. The fourth-order valence-corrected chi connectivity index (χ4v) is 5.47. The molecule has 0 amide bonds. The summed E-state index contributed by atoms with van der Waals surface area (Å²) < 4.78 is 15.6. The van der Waals surface area contributed by atoms with Crippen molar-refractivity contribution in [1.29, 1.82) is 0 Å². The zero-order chi connectivity index (χ0) is 36.5. The standard InChI is InChI=1S/C22H31N7O.C15H23ClFNO/c1-14(25-10-5-11-26-20(23)24)15-6-8-17(9-7-15)29-13-16-12-18(22(2,3)4)27-19(16)28-21(29)30;1-15(2,3)12-7-10(8-13(16)14(12)17)5-4-6-11(18)9-19/h6-9,12-14,25H,5,10-11H2,1-4H3,(H4,23,24,26)(H,27,28,30);7-8,11,19H,4-6,9,18H2,1-3H3/t14-;11-/m01/s1. The molecule has 12 heteroatoms. The van der Waals surface area contributed by atoms with Gasteiger partial charge < -0.3 is 32.6 Å². The number of nitrogens with one attached hydrogen (secondary N) is 2. The van der Waals surface area contributed by atoms with E-state index in [1.165, 1.54) is 0 Å². The Labute approximate surface area is 294 Å². The number of guanidine groups is 1. The monoisotopic (exact) mass is 696 g/mol. The van der Waals surface area contributed by atoms with Gasteiger partial charge in [0.2, 0.25) is 0 Å². The van der Waals surface area contributed by atoms with Crippen molar-refractivity contribution in [2.45, 2.75) is 97.1 Å². The molecular formula is C37H54ClFN8O2. The molecule has 2 atom stereocenters. The van der Waals surface area contributed by atoms with Crippen molar-refractivity contribution in [3.05, 3.63) is 92.4 Å². The molecule has 9 N–H and O–H groups in total. The van der Waals surface area contributed by atoms with E-state index in [4.69, 9.17) is 33.9 Å². The van der Waals surface area contributed by atoms with Gasteiger partial charge >= 0.3 is 5.69 Å². The first-order valence-corrected chi connectivity index (χ1v) is 17.1. The maximum atomic E-state index is 14.0. The summed E-state index contributed by atoms with van der Waals surface area (Å²) >= 11 is 5.95. The lowest BCUT2D eigenvalue weighted by molar-refractivity contribution is 0.258. The highest BCUT2D eigenvalue weighted by atomic mass is 35.5. The first kappa shape index (κ1) is 39.7. The van der Waals surface area contributed by atoms with Gasteiger partial charge in [-0.25, -0.2) is 9.18 Å². The van der Waals surface area contributed by atoms with E-state index in [-0.39, 0.29) is 52.0 Å². The first-order chi connectivity index (χ1) is 22.9. The first-order valence-electron chi connectivity index (χ1n) is 16.8. The summed E-state index contributed by atoms with van der Waals surface area (Å²) in [6.07, 6.45) is 5.09. The molecule has 2 heterocycles. The Kier molecular flexibility index (Phi) is 14.0. The number of fused-ring (bicyclic) bond motifs is 1. The third kappa shape index (κ3) is 11.7. The second-order valence-electron chi connectivity index (χ2n) is 14.6. The number of hydrogen-bond acceptors (Lipinski definition) is 6. The molecule has 0 radical (unpaired) electrons.